The third kappa shape index (κ3) is 3.12. The molecule has 0 aromatic carbocycles. The molecule has 210 valence electrons. The Morgan fingerprint density at radius 2 is 1.67 bits per heavy atom. The number of halogens is 6. The molecule has 7 fully saturated rings. The van der Waals surface area contributed by atoms with Crippen molar-refractivity contribution in [2.75, 3.05) is 26.2 Å². The smallest absolute Gasteiger partial charge is 0.324 e. The van der Waals surface area contributed by atoms with Crippen LogP contribution in [0, 0.1) is 16.7 Å². The zero-order valence-electron chi connectivity index (χ0n) is 20.8. The van der Waals surface area contributed by atoms with E-state index in [9.17, 15) is 31.1 Å². The molecule has 9 nitrogen and oxygen atoms in total. The molecule has 2 aromatic heterocycles. The summed E-state index contributed by atoms with van der Waals surface area (Å²) in [4.78, 5) is 24.3. The van der Waals surface area contributed by atoms with E-state index in [1.807, 2.05) is 9.80 Å². The summed E-state index contributed by atoms with van der Waals surface area (Å²) in [5.74, 6) is -0.298. The minimum absolute atomic E-state index is 0.00207. The van der Waals surface area contributed by atoms with E-state index in [-0.39, 0.29) is 47.0 Å². The minimum Gasteiger partial charge on any atom is -0.324 e. The number of carbonyl (C=O) groups excluding carboxylic acids is 1. The summed E-state index contributed by atoms with van der Waals surface area (Å²) >= 11 is 0. The lowest BCUT2D eigenvalue weighted by molar-refractivity contribution is -0.211. The van der Waals surface area contributed by atoms with Crippen LogP contribution in [0.2, 0.25) is 0 Å². The van der Waals surface area contributed by atoms with Crippen LogP contribution < -0.4 is 0 Å². The predicted molar refractivity (Wildman–Crippen MR) is 119 cm³/mol. The van der Waals surface area contributed by atoms with E-state index in [0.717, 1.165) is 25.6 Å². The van der Waals surface area contributed by atoms with Crippen molar-refractivity contribution >= 4 is 6.03 Å². The van der Waals surface area contributed by atoms with Crippen LogP contribution in [0.5, 0.6) is 0 Å². The van der Waals surface area contributed by atoms with Gasteiger partial charge in [-0.05, 0) is 56.3 Å². The van der Waals surface area contributed by atoms with Crippen molar-refractivity contribution in [3.05, 3.63) is 23.8 Å². The van der Waals surface area contributed by atoms with Gasteiger partial charge in [0.05, 0.1) is 6.04 Å². The summed E-state index contributed by atoms with van der Waals surface area (Å²) < 4.78 is 79.8. The third-order valence-electron chi connectivity index (χ3n) is 10.6. The van der Waals surface area contributed by atoms with Gasteiger partial charge in [-0.25, -0.2) is 19.4 Å². The van der Waals surface area contributed by atoms with Gasteiger partial charge in [-0.1, -0.05) is 0 Å². The highest BCUT2D eigenvalue weighted by Crippen LogP contribution is 2.77. The monoisotopic (exact) mass is 556 g/mol. The molecular weight excluding hydrogens is 530 g/mol. The average Bonchev–Trinajstić information content (AvgIpc) is 3.14. The summed E-state index contributed by atoms with van der Waals surface area (Å²) in [6, 6.07) is -0.124. The standard InChI is InChI=1S/C24H26F6N8O/c25-23(26,27)17-31-12-38(35-17)14-3-19(4-14)10-37(11-19)18(39)36-5-13(6-36)20-7-21(8-20,9-20)15-32-16(34-33-15)22(1-2-22)24(28,29)30/h12-14H,1-11H2,(H,32,33,34). The number of aromatic nitrogens is 6. The number of H-pyrrole nitrogens is 1. The van der Waals surface area contributed by atoms with Crippen molar-refractivity contribution < 1.29 is 31.1 Å². The number of nitrogens with one attached hydrogen (secondary N) is 1. The maximum atomic E-state index is 13.4. The first-order valence-electron chi connectivity index (χ1n) is 13.3. The normalized spacial score (nSPS) is 32.7. The van der Waals surface area contributed by atoms with E-state index in [2.05, 4.69) is 25.3 Å². The van der Waals surface area contributed by atoms with Gasteiger partial charge in [0, 0.05) is 37.0 Å². The van der Waals surface area contributed by atoms with Gasteiger partial charge in [-0.2, -0.15) is 31.4 Å². The predicted octanol–water partition coefficient (Wildman–Crippen LogP) is 3.82. The second-order valence-corrected chi connectivity index (χ2v) is 13.1. The van der Waals surface area contributed by atoms with Gasteiger partial charge < -0.3 is 9.80 Å². The van der Waals surface area contributed by atoms with E-state index in [4.69, 9.17) is 0 Å². The molecule has 0 atom stereocenters. The van der Waals surface area contributed by atoms with Crippen molar-refractivity contribution in [2.45, 2.75) is 74.2 Å². The second kappa shape index (κ2) is 6.88. The average molecular weight is 557 g/mol. The van der Waals surface area contributed by atoms with Crippen molar-refractivity contribution in [2.24, 2.45) is 16.7 Å². The quantitative estimate of drug-likeness (QED) is 0.578. The van der Waals surface area contributed by atoms with E-state index in [0.29, 0.717) is 50.8 Å². The van der Waals surface area contributed by atoms with Crippen molar-refractivity contribution in [1.82, 2.24) is 39.7 Å². The first kappa shape index (κ1) is 24.0. The first-order valence-corrected chi connectivity index (χ1v) is 13.3. The number of carbonyl (C=O) groups is 1. The largest absolute Gasteiger partial charge is 0.453 e. The Morgan fingerprint density at radius 1 is 1.00 bits per heavy atom. The highest BCUT2D eigenvalue weighted by Gasteiger charge is 2.74. The van der Waals surface area contributed by atoms with Gasteiger partial charge in [-0.15, -0.1) is 5.10 Å². The van der Waals surface area contributed by atoms with Crippen LogP contribution >= 0.6 is 0 Å². The van der Waals surface area contributed by atoms with Crippen molar-refractivity contribution in [3.8, 4) is 0 Å². The molecule has 7 aliphatic rings. The van der Waals surface area contributed by atoms with Gasteiger partial charge in [0.1, 0.15) is 17.6 Å². The molecule has 39 heavy (non-hydrogen) atoms. The molecule has 5 saturated carbocycles. The Labute approximate surface area is 218 Å². The van der Waals surface area contributed by atoms with Gasteiger partial charge in [0.15, 0.2) is 5.82 Å². The summed E-state index contributed by atoms with van der Waals surface area (Å²) in [5.41, 5.74) is -1.99. The summed E-state index contributed by atoms with van der Waals surface area (Å²) in [5, 5.41) is 10.3. The van der Waals surface area contributed by atoms with E-state index >= 15 is 0 Å². The molecule has 5 aliphatic carbocycles. The number of nitrogens with zero attached hydrogens (tertiary/aromatic N) is 7. The maximum Gasteiger partial charge on any atom is 0.453 e. The van der Waals surface area contributed by atoms with Gasteiger partial charge in [0.2, 0.25) is 0 Å². The fraction of sp³-hybridized carbons (Fsp3) is 0.792. The summed E-state index contributed by atoms with van der Waals surface area (Å²) in [7, 11) is 0. The fourth-order valence-electron chi connectivity index (χ4n) is 8.12. The Hall–Kier alpha value is -2.87. The lowest BCUT2D eigenvalue weighted by Gasteiger charge is -2.74. The minimum atomic E-state index is -4.56. The lowest BCUT2D eigenvalue weighted by atomic mass is 9.31. The molecular formula is C24H26F6N8O. The zero-order valence-corrected chi connectivity index (χ0v) is 20.8. The molecule has 0 radical (unpaired) electrons. The molecule has 9 rings (SSSR count). The van der Waals surface area contributed by atoms with Crippen LogP contribution in [0.25, 0.3) is 0 Å². The van der Waals surface area contributed by atoms with Crippen LogP contribution in [0.3, 0.4) is 0 Å². The van der Waals surface area contributed by atoms with Crippen LogP contribution in [0.15, 0.2) is 6.33 Å². The Balaban J connectivity index is 0.808. The number of likely N-dealkylation sites (tertiary alicyclic amines) is 2. The van der Waals surface area contributed by atoms with E-state index in [1.165, 1.54) is 4.68 Å². The van der Waals surface area contributed by atoms with Gasteiger partial charge in [0.25, 0.3) is 5.82 Å². The Kier molecular flexibility index (Phi) is 4.23. The molecule has 4 heterocycles. The first-order chi connectivity index (χ1) is 18.3. The molecule has 2 saturated heterocycles. The van der Waals surface area contributed by atoms with Gasteiger partial charge >= 0.3 is 18.4 Å². The lowest BCUT2D eigenvalue weighted by Crippen LogP contribution is -2.75. The molecule has 2 aliphatic heterocycles. The van der Waals surface area contributed by atoms with E-state index < -0.39 is 23.6 Å². The summed E-state index contributed by atoms with van der Waals surface area (Å²) in [6.45, 7) is 2.56. The topological polar surface area (TPSA) is 95.8 Å². The highest BCUT2D eigenvalue weighted by atomic mass is 19.4. The van der Waals surface area contributed by atoms with Crippen LogP contribution in [-0.4, -0.2) is 78.1 Å². The maximum absolute atomic E-state index is 13.4. The molecule has 2 bridgehead atoms. The van der Waals surface area contributed by atoms with Crippen molar-refractivity contribution in [3.63, 3.8) is 0 Å². The highest BCUT2D eigenvalue weighted by molar-refractivity contribution is 5.76. The number of amides is 2. The number of rotatable bonds is 4. The number of alkyl halides is 6. The fourth-order valence-corrected chi connectivity index (χ4v) is 8.12. The van der Waals surface area contributed by atoms with Crippen LogP contribution in [-0.2, 0) is 17.0 Å². The third-order valence-corrected chi connectivity index (χ3v) is 10.6. The summed E-state index contributed by atoms with van der Waals surface area (Å²) in [6.07, 6.45) is -3.71. The second-order valence-electron chi connectivity index (χ2n) is 13.1. The van der Waals surface area contributed by atoms with Gasteiger partial charge in [-0.3, -0.25) is 5.10 Å². The molecule has 15 heteroatoms. The SMILES string of the molecule is O=C(N1CC(C23CC(c4n[nH]c(C5(C(F)(F)F)CC5)n4)(C2)C3)C1)N1CC2(CC(n3cnc(C(F)(F)F)n3)C2)C1. The van der Waals surface area contributed by atoms with E-state index in [1.54, 1.807) is 0 Å². The number of aromatic amines is 1. The van der Waals surface area contributed by atoms with Crippen LogP contribution in [0.4, 0.5) is 31.1 Å². The number of hydrogen-bond acceptors (Lipinski definition) is 5. The molecule has 1 spiro atoms. The van der Waals surface area contributed by atoms with Crippen molar-refractivity contribution in [1.29, 1.82) is 0 Å². The molecule has 1 N–H and O–H groups in total. The number of urea groups is 1. The van der Waals surface area contributed by atoms with Crippen LogP contribution in [0.1, 0.15) is 68.5 Å². The molecule has 0 unspecified atom stereocenters. The number of hydrogen-bond donors (Lipinski definition) is 1. The zero-order chi connectivity index (χ0) is 27.2. The Morgan fingerprint density at radius 3 is 2.23 bits per heavy atom. The molecule has 2 aromatic rings. The molecule has 2 amide bonds. The Bertz CT molecular complexity index is 1340.